The van der Waals surface area contributed by atoms with Gasteiger partial charge in [0.1, 0.15) is 17.4 Å². The maximum Gasteiger partial charge on any atom is 0.314 e. The normalized spacial score (nSPS) is 19.1. The van der Waals surface area contributed by atoms with Crippen LogP contribution in [-0.2, 0) is 4.79 Å². The second-order valence-corrected chi connectivity index (χ2v) is 8.14. The van der Waals surface area contributed by atoms with Crippen molar-refractivity contribution in [2.24, 2.45) is 11.8 Å². The zero-order chi connectivity index (χ0) is 20.6. The molecule has 0 atom stereocenters. The highest BCUT2D eigenvalue weighted by Crippen LogP contribution is 2.33. The van der Waals surface area contributed by atoms with E-state index in [-0.39, 0.29) is 23.5 Å². The van der Waals surface area contributed by atoms with Crippen molar-refractivity contribution in [3.63, 3.8) is 0 Å². The van der Waals surface area contributed by atoms with E-state index in [1.54, 1.807) is 12.1 Å². The third-order valence-electron chi connectivity index (χ3n) is 5.96. The van der Waals surface area contributed by atoms with Gasteiger partial charge < -0.3 is 4.74 Å². The molecule has 2 aromatic carbocycles. The zero-order valence-corrected chi connectivity index (χ0v) is 17.1. The Morgan fingerprint density at radius 1 is 0.966 bits per heavy atom. The van der Waals surface area contributed by atoms with Gasteiger partial charge in [-0.05, 0) is 61.4 Å². The van der Waals surface area contributed by atoms with Crippen molar-refractivity contribution in [1.29, 1.82) is 0 Å². The van der Waals surface area contributed by atoms with Gasteiger partial charge in [-0.15, -0.1) is 0 Å². The molecule has 4 heteroatoms. The molecular formula is C25H30F2O2. The van der Waals surface area contributed by atoms with Gasteiger partial charge in [0.15, 0.2) is 0 Å². The first-order valence-corrected chi connectivity index (χ1v) is 10.8. The van der Waals surface area contributed by atoms with Crippen LogP contribution in [0.15, 0.2) is 42.5 Å². The molecule has 2 aromatic rings. The number of rotatable bonds is 8. The highest BCUT2D eigenvalue weighted by molar-refractivity contribution is 5.75. The van der Waals surface area contributed by atoms with Crippen LogP contribution in [0.3, 0.4) is 0 Å². The molecule has 29 heavy (non-hydrogen) atoms. The molecule has 2 nitrogen and oxygen atoms in total. The molecule has 0 saturated heterocycles. The Balaban J connectivity index is 1.51. The second-order valence-electron chi connectivity index (χ2n) is 8.14. The third-order valence-corrected chi connectivity index (χ3v) is 5.96. The van der Waals surface area contributed by atoms with E-state index in [1.807, 2.05) is 0 Å². The predicted molar refractivity (Wildman–Crippen MR) is 112 cm³/mol. The largest absolute Gasteiger partial charge is 0.426 e. The smallest absolute Gasteiger partial charge is 0.314 e. The number of halogens is 2. The minimum absolute atomic E-state index is 0.0956. The quantitative estimate of drug-likeness (QED) is 0.264. The Morgan fingerprint density at radius 3 is 2.34 bits per heavy atom. The summed E-state index contributed by atoms with van der Waals surface area (Å²) in [6, 6.07) is 10.0. The molecule has 0 bridgehead atoms. The Kier molecular flexibility index (Phi) is 7.79. The van der Waals surface area contributed by atoms with E-state index < -0.39 is 5.82 Å². The van der Waals surface area contributed by atoms with E-state index in [1.165, 1.54) is 62.4 Å². The van der Waals surface area contributed by atoms with Crippen molar-refractivity contribution in [3.05, 3.63) is 54.1 Å². The predicted octanol–water partition coefficient (Wildman–Crippen LogP) is 7.31. The van der Waals surface area contributed by atoms with Crippen LogP contribution in [0.1, 0.15) is 64.7 Å². The number of benzene rings is 2. The maximum absolute atomic E-state index is 14.5. The molecule has 1 aliphatic rings. The van der Waals surface area contributed by atoms with Crippen molar-refractivity contribution in [3.8, 4) is 16.9 Å². The fourth-order valence-corrected chi connectivity index (χ4v) is 4.17. The van der Waals surface area contributed by atoms with E-state index in [0.29, 0.717) is 11.1 Å². The monoisotopic (exact) mass is 400 g/mol. The van der Waals surface area contributed by atoms with Crippen LogP contribution in [0.4, 0.5) is 8.78 Å². The molecular weight excluding hydrogens is 370 g/mol. The van der Waals surface area contributed by atoms with Gasteiger partial charge in [0.25, 0.3) is 0 Å². The van der Waals surface area contributed by atoms with Gasteiger partial charge in [-0.3, -0.25) is 4.79 Å². The summed E-state index contributed by atoms with van der Waals surface area (Å²) in [6.45, 7) is 2.22. The number of ether oxygens (including phenoxy) is 1. The number of carbonyl (C=O) groups excluding carboxylic acids is 1. The van der Waals surface area contributed by atoms with Gasteiger partial charge in [-0.2, -0.15) is 0 Å². The van der Waals surface area contributed by atoms with Gasteiger partial charge >= 0.3 is 5.97 Å². The van der Waals surface area contributed by atoms with E-state index in [9.17, 15) is 13.6 Å². The first-order valence-electron chi connectivity index (χ1n) is 10.8. The summed E-state index contributed by atoms with van der Waals surface area (Å²) < 4.78 is 33.0. The highest BCUT2D eigenvalue weighted by Gasteiger charge is 2.27. The lowest BCUT2D eigenvalue weighted by molar-refractivity contribution is -0.140. The number of unbranched alkanes of at least 4 members (excludes halogenated alkanes) is 3. The minimum atomic E-state index is -0.488. The van der Waals surface area contributed by atoms with Gasteiger partial charge in [0.2, 0.25) is 0 Å². The zero-order valence-electron chi connectivity index (χ0n) is 17.1. The van der Waals surface area contributed by atoms with E-state index in [2.05, 4.69) is 6.92 Å². The molecule has 0 heterocycles. The third kappa shape index (κ3) is 6.12. The summed E-state index contributed by atoms with van der Waals surface area (Å²) in [5, 5.41) is 0. The first-order chi connectivity index (χ1) is 14.1. The molecule has 0 aliphatic heterocycles. The maximum atomic E-state index is 14.5. The van der Waals surface area contributed by atoms with Gasteiger partial charge in [-0.1, -0.05) is 51.2 Å². The minimum Gasteiger partial charge on any atom is -0.426 e. The average Bonchev–Trinajstić information content (AvgIpc) is 2.73. The molecule has 0 amide bonds. The molecule has 1 aliphatic carbocycles. The summed E-state index contributed by atoms with van der Waals surface area (Å²) >= 11 is 0. The lowest BCUT2D eigenvalue weighted by atomic mass is 9.80. The lowest BCUT2D eigenvalue weighted by Gasteiger charge is -2.27. The topological polar surface area (TPSA) is 26.3 Å². The van der Waals surface area contributed by atoms with Gasteiger partial charge in [-0.25, -0.2) is 8.78 Å². The molecule has 0 N–H and O–H groups in total. The molecule has 156 valence electrons. The van der Waals surface area contributed by atoms with E-state index in [4.69, 9.17) is 4.74 Å². The molecule has 0 unspecified atom stereocenters. The number of hydrogen-bond acceptors (Lipinski definition) is 2. The molecule has 0 spiro atoms. The molecule has 3 rings (SSSR count). The Labute approximate surface area is 172 Å². The van der Waals surface area contributed by atoms with Crippen LogP contribution in [0.5, 0.6) is 5.75 Å². The highest BCUT2D eigenvalue weighted by atomic mass is 19.1. The Morgan fingerprint density at radius 2 is 1.69 bits per heavy atom. The van der Waals surface area contributed by atoms with Crippen LogP contribution in [0, 0.1) is 23.5 Å². The number of carbonyl (C=O) groups is 1. The number of esters is 1. The molecule has 1 fully saturated rings. The lowest BCUT2D eigenvalue weighted by Crippen LogP contribution is -2.25. The van der Waals surface area contributed by atoms with Crippen molar-refractivity contribution in [2.45, 2.75) is 64.7 Å². The summed E-state index contributed by atoms with van der Waals surface area (Å²) in [6.07, 6.45) is 10.3. The number of hydrogen-bond donors (Lipinski definition) is 0. The summed E-state index contributed by atoms with van der Waals surface area (Å²) in [5.74, 6) is -0.262. The van der Waals surface area contributed by atoms with Crippen molar-refractivity contribution >= 4 is 5.97 Å². The van der Waals surface area contributed by atoms with Gasteiger partial charge in [0.05, 0.1) is 5.92 Å². The molecule has 0 radical (unpaired) electrons. The average molecular weight is 401 g/mol. The van der Waals surface area contributed by atoms with E-state index >= 15 is 0 Å². The van der Waals surface area contributed by atoms with Crippen LogP contribution >= 0.6 is 0 Å². The Bertz CT molecular complexity index is 793. The van der Waals surface area contributed by atoms with Crippen LogP contribution < -0.4 is 4.74 Å². The SMILES string of the molecule is CCCCCC[C@H]1CC[C@H](C(=O)Oc2ccc(-c3ccc(F)cc3)c(F)c2)CC1. The van der Waals surface area contributed by atoms with Crippen LogP contribution in [0.25, 0.3) is 11.1 Å². The molecule has 0 aromatic heterocycles. The molecule has 1 saturated carbocycles. The first kappa shape index (κ1) is 21.5. The van der Waals surface area contributed by atoms with Crippen molar-refractivity contribution in [2.75, 3.05) is 0 Å². The standard InChI is InChI=1S/C25H30F2O2/c1-2-3-4-5-6-18-7-9-20(10-8-18)25(28)29-22-15-16-23(24(27)17-22)19-11-13-21(26)14-12-19/h11-18,20H,2-10H2,1H3/t18-,20-. The van der Waals surface area contributed by atoms with Crippen molar-refractivity contribution < 1.29 is 18.3 Å². The fraction of sp³-hybridized carbons (Fsp3) is 0.480. The van der Waals surface area contributed by atoms with E-state index in [0.717, 1.165) is 31.6 Å². The summed E-state index contributed by atoms with van der Waals surface area (Å²) in [7, 11) is 0. The summed E-state index contributed by atoms with van der Waals surface area (Å²) in [5.41, 5.74) is 0.937. The van der Waals surface area contributed by atoms with Crippen molar-refractivity contribution in [1.82, 2.24) is 0 Å². The summed E-state index contributed by atoms with van der Waals surface area (Å²) in [4.78, 5) is 12.5. The van der Waals surface area contributed by atoms with Crippen LogP contribution in [-0.4, -0.2) is 5.97 Å². The fourth-order valence-electron chi connectivity index (χ4n) is 4.17. The second kappa shape index (κ2) is 10.5. The van der Waals surface area contributed by atoms with Crippen LogP contribution in [0.2, 0.25) is 0 Å². The van der Waals surface area contributed by atoms with Gasteiger partial charge in [0, 0.05) is 11.6 Å². The Hall–Kier alpha value is -2.23.